The Hall–Kier alpha value is -2.58. The highest BCUT2D eigenvalue weighted by atomic mass is 31.2. The van der Waals surface area contributed by atoms with Crippen LogP contribution in [0.15, 0.2) is 45.0 Å². The van der Waals surface area contributed by atoms with Crippen molar-refractivity contribution in [1.82, 2.24) is 9.55 Å². The van der Waals surface area contributed by atoms with E-state index in [0.717, 1.165) is 29.0 Å². The number of aliphatic imine (C=N–C) groups is 1. The Kier molecular flexibility index (Phi) is 6.66. The fourth-order valence-electron chi connectivity index (χ4n) is 3.65. The third kappa shape index (κ3) is 4.66. The lowest BCUT2D eigenvalue weighted by atomic mass is 10.1. The molecule has 1 aromatic carbocycles. The van der Waals surface area contributed by atoms with Gasteiger partial charge in [0.05, 0.1) is 12.7 Å². The third-order valence-corrected chi connectivity index (χ3v) is 6.82. The maximum absolute atomic E-state index is 13.6. The van der Waals surface area contributed by atoms with Gasteiger partial charge in [-0.3, -0.25) is 32.9 Å². The highest BCUT2D eigenvalue weighted by molar-refractivity contribution is 7.48. The van der Waals surface area contributed by atoms with Crippen LogP contribution < -0.4 is 11.2 Å². The summed E-state index contributed by atoms with van der Waals surface area (Å²) >= 11 is 0. The molecule has 0 radical (unpaired) electrons. The number of phosphoric ester groups is 1. The fourth-order valence-corrected chi connectivity index (χ4v) is 5.06. The van der Waals surface area contributed by atoms with E-state index in [9.17, 15) is 33.1 Å². The minimum absolute atomic E-state index is 0.0752. The summed E-state index contributed by atoms with van der Waals surface area (Å²) in [6.45, 7) is 2.36. The molecule has 2 aliphatic heterocycles. The van der Waals surface area contributed by atoms with Gasteiger partial charge < -0.3 is 14.9 Å². The maximum Gasteiger partial charge on any atom is 0.475 e. The number of aromatic nitrogens is 2. The summed E-state index contributed by atoms with van der Waals surface area (Å²) in [5.41, 5.74) is -3.65. The number of H-pyrrole nitrogens is 1. The van der Waals surface area contributed by atoms with E-state index in [1.165, 1.54) is 0 Å². The van der Waals surface area contributed by atoms with Crippen LogP contribution in [0.5, 0.6) is 0 Å². The highest BCUT2D eigenvalue weighted by Crippen LogP contribution is 2.58. The summed E-state index contributed by atoms with van der Waals surface area (Å²) in [6.07, 6.45) is -4.90. The van der Waals surface area contributed by atoms with Gasteiger partial charge in [-0.1, -0.05) is 0 Å². The van der Waals surface area contributed by atoms with Crippen molar-refractivity contribution < 1.29 is 41.9 Å². The minimum atomic E-state index is -4.35. The van der Waals surface area contributed by atoms with Crippen molar-refractivity contribution in [3.8, 4) is 0 Å². The molecule has 0 saturated carbocycles. The number of aromatic amines is 1. The first-order valence-electron chi connectivity index (χ1n) is 9.93. The zero-order valence-corrected chi connectivity index (χ0v) is 18.3. The molecular weight excluding hydrogens is 483 g/mol. The molecule has 0 aliphatic carbocycles. The van der Waals surface area contributed by atoms with Crippen molar-refractivity contribution in [3.63, 3.8) is 0 Å². The van der Waals surface area contributed by atoms with Crippen LogP contribution >= 0.6 is 7.82 Å². The first-order chi connectivity index (χ1) is 16.1. The average Bonchev–Trinajstić information content (AvgIpc) is 3.03. The molecule has 2 fully saturated rings. The Balaban J connectivity index is 1.52. The molecule has 2 aliphatic rings. The van der Waals surface area contributed by atoms with Crippen LogP contribution in [0.4, 0.5) is 8.78 Å². The number of aliphatic hydroxyl groups is 2. The van der Waals surface area contributed by atoms with Crippen molar-refractivity contribution in [3.05, 3.63) is 68.5 Å². The van der Waals surface area contributed by atoms with Crippen molar-refractivity contribution >= 4 is 14.5 Å². The first kappa shape index (κ1) is 24.5. The van der Waals surface area contributed by atoms with Crippen LogP contribution in [0.2, 0.25) is 0 Å². The number of hydrogen-bond donors (Lipinski definition) is 3. The molecule has 0 bridgehead atoms. The topological polar surface area (TPSA) is 162 Å². The van der Waals surface area contributed by atoms with Crippen LogP contribution in [0.25, 0.3) is 0 Å². The van der Waals surface area contributed by atoms with Gasteiger partial charge in [0.2, 0.25) is 5.72 Å². The SMILES string of the molecule is C=N[C@]1(COP2(=O)OCC[C@@H](c3cc(F)cc(F)c3)O2)O[C@@H](n2ccc(=O)[nH]c2=O)[C@H](O)[C@@H]1O. The number of hydrogen-bond acceptors (Lipinski definition) is 10. The van der Waals surface area contributed by atoms with Crippen molar-refractivity contribution in [2.45, 2.75) is 36.7 Å². The molecule has 0 amide bonds. The van der Waals surface area contributed by atoms with E-state index in [2.05, 4.69) is 11.7 Å². The second kappa shape index (κ2) is 9.23. The second-order valence-corrected chi connectivity index (χ2v) is 9.23. The summed E-state index contributed by atoms with van der Waals surface area (Å²) in [6, 6.07) is 3.71. The monoisotopic (exact) mass is 503 g/mol. The molecular formula is C19H20F2N3O9P. The summed E-state index contributed by atoms with van der Waals surface area (Å²) in [7, 11) is -4.35. The van der Waals surface area contributed by atoms with Crippen molar-refractivity contribution in [2.75, 3.05) is 13.2 Å². The van der Waals surface area contributed by atoms with Gasteiger partial charge in [-0.15, -0.1) is 0 Å². The first-order valence-corrected chi connectivity index (χ1v) is 11.4. The molecule has 4 rings (SSSR count). The van der Waals surface area contributed by atoms with E-state index in [4.69, 9.17) is 18.3 Å². The molecule has 3 N–H and O–H groups in total. The maximum atomic E-state index is 13.6. The van der Waals surface area contributed by atoms with Gasteiger partial charge in [-0.2, -0.15) is 0 Å². The van der Waals surface area contributed by atoms with E-state index >= 15 is 0 Å². The van der Waals surface area contributed by atoms with Gasteiger partial charge in [0.1, 0.15) is 30.4 Å². The van der Waals surface area contributed by atoms with Gasteiger partial charge in [0.25, 0.3) is 5.56 Å². The molecule has 2 saturated heterocycles. The largest absolute Gasteiger partial charge is 0.475 e. The minimum Gasteiger partial charge on any atom is -0.385 e. The molecule has 6 atom stereocenters. The van der Waals surface area contributed by atoms with Crippen LogP contribution in [-0.2, 0) is 22.9 Å². The van der Waals surface area contributed by atoms with E-state index in [1.54, 1.807) is 0 Å². The molecule has 34 heavy (non-hydrogen) atoms. The second-order valence-electron chi connectivity index (χ2n) is 7.60. The normalized spacial score (nSPS) is 33.6. The lowest BCUT2D eigenvalue weighted by Crippen LogP contribution is -2.45. The molecule has 184 valence electrons. The quantitative estimate of drug-likeness (QED) is 0.382. The Morgan fingerprint density at radius 1 is 1.29 bits per heavy atom. The Morgan fingerprint density at radius 2 is 2.00 bits per heavy atom. The number of benzene rings is 1. The number of halogens is 2. The summed E-state index contributed by atoms with van der Waals surface area (Å²) in [5, 5.41) is 21.0. The van der Waals surface area contributed by atoms with Gasteiger partial charge in [0, 0.05) is 24.8 Å². The van der Waals surface area contributed by atoms with Gasteiger partial charge in [0.15, 0.2) is 6.23 Å². The van der Waals surface area contributed by atoms with Crippen molar-refractivity contribution in [2.24, 2.45) is 4.99 Å². The van der Waals surface area contributed by atoms with Crippen LogP contribution in [0.3, 0.4) is 0 Å². The number of nitrogens with one attached hydrogen (secondary N) is 1. The number of nitrogens with zero attached hydrogens (tertiary/aromatic N) is 2. The van der Waals surface area contributed by atoms with Crippen molar-refractivity contribution in [1.29, 1.82) is 0 Å². The predicted molar refractivity (Wildman–Crippen MR) is 110 cm³/mol. The summed E-state index contributed by atoms with van der Waals surface area (Å²) < 4.78 is 62.3. The Bertz CT molecular complexity index is 1230. The smallest absolute Gasteiger partial charge is 0.385 e. The van der Waals surface area contributed by atoms with E-state index in [0.29, 0.717) is 6.07 Å². The Labute approximate surface area is 190 Å². The molecule has 12 nitrogen and oxygen atoms in total. The lowest BCUT2D eigenvalue weighted by molar-refractivity contribution is -0.125. The lowest BCUT2D eigenvalue weighted by Gasteiger charge is -2.32. The van der Waals surface area contributed by atoms with E-state index in [1.807, 2.05) is 4.98 Å². The number of ether oxygens (including phenoxy) is 1. The van der Waals surface area contributed by atoms with Crippen LogP contribution in [-0.4, -0.2) is 57.6 Å². The van der Waals surface area contributed by atoms with Gasteiger partial charge in [-0.05, 0) is 24.4 Å². The number of rotatable bonds is 6. The van der Waals surface area contributed by atoms with E-state index < -0.39 is 67.6 Å². The molecule has 1 unspecified atom stereocenters. The molecule has 15 heteroatoms. The zero-order chi connectivity index (χ0) is 24.7. The Morgan fingerprint density at radius 3 is 2.65 bits per heavy atom. The average molecular weight is 503 g/mol. The molecule has 3 heterocycles. The standard InChI is InChI=1S/C19H20F2N3O9P/c1-22-19(16(27)15(26)17(32-19)24-4-2-14(25)23-18(24)28)9-31-34(29)30-5-3-13(33-34)10-6-11(20)8-12(21)7-10/h2,4,6-8,13,15-17,26-27H,1,3,5,9H2,(H,23,25,28)/t13-,15+,16-,17+,19+,34?/m0/s1. The van der Waals surface area contributed by atoms with Crippen LogP contribution in [0, 0.1) is 11.6 Å². The number of phosphoric acid groups is 1. The molecule has 0 spiro atoms. The third-order valence-electron chi connectivity index (χ3n) is 5.37. The zero-order valence-electron chi connectivity index (χ0n) is 17.4. The van der Waals surface area contributed by atoms with E-state index in [-0.39, 0.29) is 18.6 Å². The highest BCUT2D eigenvalue weighted by Gasteiger charge is 2.56. The number of aliphatic hydroxyl groups excluding tert-OH is 2. The van der Waals surface area contributed by atoms with Gasteiger partial charge in [-0.25, -0.2) is 18.1 Å². The summed E-state index contributed by atoms with van der Waals surface area (Å²) in [5.74, 6) is -1.70. The summed E-state index contributed by atoms with van der Waals surface area (Å²) in [4.78, 5) is 29.0. The molecule has 2 aromatic rings. The van der Waals surface area contributed by atoms with Gasteiger partial charge >= 0.3 is 13.5 Å². The fraction of sp³-hybridized carbons (Fsp3) is 0.421. The molecule has 1 aromatic heterocycles. The predicted octanol–water partition coefficient (Wildman–Crippen LogP) is 0.765. The van der Waals surface area contributed by atoms with Crippen LogP contribution in [0.1, 0.15) is 24.3 Å².